The van der Waals surface area contributed by atoms with Crippen LogP contribution in [0.5, 0.6) is 0 Å². The normalized spacial score (nSPS) is 27.9. The summed E-state index contributed by atoms with van der Waals surface area (Å²) >= 11 is 12.4. The predicted octanol–water partition coefficient (Wildman–Crippen LogP) is 3.63. The third-order valence-corrected chi connectivity index (χ3v) is 4.95. The van der Waals surface area contributed by atoms with E-state index in [-0.39, 0.29) is 12.4 Å². The van der Waals surface area contributed by atoms with E-state index in [1.807, 2.05) is 18.2 Å². The van der Waals surface area contributed by atoms with Crippen LogP contribution in [0.2, 0.25) is 10.0 Å². The summed E-state index contributed by atoms with van der Waals surface area (Å²) in [5.41, 5.74) is 1.15. The maximum absolute atomic E-state index is 6.29. The minimum Gasteiger partial charge on any atom is -0.316 e. The van der Waals surface area contributed by atoms with Crippen LogP contribution in [0.15, 0.2) is 18.2 Å². The molecule has 0 spiro atoms. The van der Waals surface area contributed by atoms with E-state index in [4.69, 9.17) is 23.2 Å². The Morgan fingerprint density at radius 1 is 1.21 bits per heavy atom. The number of likely N-dealkylation sites (tertiary alicyclic amines) is 1. The van der Waals surface area contributed by atoms with Crippen molar-refractivity contribution in [1.29, 1.82) is 0 Å². The van der Waals surface area contributed by atoms with Crippen molar-refractivity contribution >= 4 is 35.6 Å². The smallest absolute Gasteiger partial charge is 0.0454 e. The van der Waals surface area contributed by atoms with Gasteiger partial charge in [0.25, 0.3) is 0 Å². The Hall–Kier alpha value is 0.01000. The summed E-state index contributed by atoms with van der Waals surface area (Å²) in [6.07, 6.45) is 0. The van der Waals surface area contributed by atoms with Crippen LogP contribution in [-0.4, -0.2) is 31.1 Å². The SMILES string of the molecule is CC(c1cc(Cl)ccc1Cl)N1C[C@H]2CNC[C@H]2C1.Cl. The topological polar surface area (TPSA) is 15.3 Å². The highest BCUT2D eigenvalue weighted by atomic mass is 35.5. The van der Waals surface area contributed by atoms with Gasteiger partial charge in [0.15, 0.2) is 0 Å². The van der Waals surface area contributed by atoms with Gasteiger partial charge in [-0.25, -0.2) is 0 Å². The molecule has 1 unspecified atom stereocenters. The minimum absolute atomic E-state index is 0. The van der Waals surface area contributed by atoms with Gasteiger partial charge in [0.1, 0.15) is 0 Å². The molecule has 5 heteroatoms. The van der Waals surface area contributed by atoms with Crippen LogP contribution in [0.1, 0.15) is 18.5 Å². The molecule has 0 aromatic heterocycles. The number of hydrogen-bond donors (Lipinski definition) is 1. The van der Waals surface area contributed by atoms with Gasteiger partial charge in [0.2, 0.25) is 0 Å². The summed E-state index contributed by atoms with van der Waals surface area (Å²) in [5, 5.41) is 5.06. The van der Waals surface area contributed by atoms with E-state index in [1.165, 1.54) is 13.1 Å². The number of fused-ring (bicyclic) bond motifs is 1. The second-order valence-corrected chi connectivity index (χ2v) is 6.32. The number of halogens is 3. The molecule has 3 rings (SSSR count). The van der Waals surface area contributed by atoms with Gasteiger partial charge in [-0.15, -0.1) is 12.4 Å². The first kappa shape index (κ1) is 15.4. The number of nitrogens with zero attached hydrogens (tertiary/aromatic N) is 1. The maximum Gasteiger partial charge on any atom is 0.0454 e. The molecule has 0 bridgehead atoms. The van der Waals surface area contributed by atoms with E-state index in [2.05, 4.69) is 17.1 Å². The first-order valence-corrected chi connectivity index (χ1v) is 7.30. The third-order valence-electron chi connectivity index (χ3n) is 4.37. The van der Waals surface area contributed by atoms with Gasteiger partial charge in [-0.3, -0.25) is 4.90 Å². The minimum atomic E-state index is 0. The fourth-order valence-electron chi connectivity index (χ4n) is 3.24. The molecule has 2 heterocycles. The zero-order valence-electron chi connectivity index (χ0n) is 10.9. The summed E-state index contributed by atoms with van der Waals surface area (Å²) < 4.78 is 0. The average Bonchev–Trinajstić information content (AvgIpc) is 2.91. The standard InChI is InChI=1S/C14H18Cl2N2.ClH/c1-9(13-4-12(15)2-3-14(13)16)18-7-10-5-17-6-11(10)8-18;/h2-4,9-11,17H,5-8H2,1H3;1H/t9?,10-,11+;. The molecule has 1 aromatic carbocycles. The van der Waals surface area contributed by atoms with Crippen LogP contribution in [0.25, 0.3) is 0 Å². The maximum atomic E-state index is 6.29. The number of benzene rings is 1. The lowest BCUT2D eigenvalue weighted by Crippen LogP contribution is -2.28. The van der Waals surface area contributed by atoms with Gasteiger partial charge in [-0.05, 0) is 55.6 Å². The average molecular weight is 322 g/mol. The predicted molar refractivity (Wildman–Crippen MR) is 83.5 cm³/mol. The fraction of sp³-hybridized carbons (Fsp3) is 0.571. The molecule has 2 nitrogen and oxygen atoms in total. The highest BCUT2D eigenvalue weighted by Crippen LogP contribution is 2.35. The summed E-state index contributed by atoms with van der Waals surface area (Å²) in [4.78, 5) is 2.54. The summed E-state index contributed by atoms with van der Waals surface area (Å²) in [7, 11) is 0. The molecule has 1 N–H and O–H groups in total. The molecule has 106 valence electrons. The van der Waals surface area contributed by atoms with Gasteiger partial charge in [-0.2, -0.15) is 0 Å². The molecular formula is C14H19Cl3N2. The zero-order chi connectivity index (χ0) is 12.7. The molecule has 0 radical (unpaired) electrons. The van der Waals surface area contributed by atoms with Crippen molar-refractivity contribution < 1.29 is 0 Å². The highest BCUT2D eigenvalue weighted by molar-refractivity contribution is 6.33. The van der Waals surface area contributed by atoms with Crippen molar-refractivity contribution in [3.63, 3.8) is 0 Å². The summed E-state index contributed by atoms with van der Waals surface area (Å²) in [6.45, 7) is 6.89. The van der Waals surface area contributed by atoms with Crippen molar-refractivity contribution in [3.8, 4) is 0 Å². The van der Waals surface area contributed by atoms with Crippen LogP contribution in [0, 0.1) is 11.8 Å². The summed E-state index contributed by atoms with van der Waals surface area (Å²) in [5.74, 6) is 1.62. The lowest BCUT2D eigenvalue weighted by Gasteiger charge is -2.26. The lowest BCUT2D eigenvalue weighted by molar-refractivity contribution is 0.244. The van der Waals surface area contributed by atoms with E-state index in [9.17, 15) is 0 Å². The van der Waals surface area contributed by atoms with Crippen LogP contribution in [0.4, 0.5) is 0 Å². The molecule has 2 aliphatic rings. The van der Waals surface area contributed by atoms with Gasteiger partial charge >= 0.3 is 0 Å². The van der Waals surface area contributed by atoms with Gasteiger partial charge in [-0.1, -0.05) is 23.2 Å². The van der Waals surface area contributed by atoms with Gasteiger partial charge < -0.3 is 5.32 Å². The fourth-order valence-corrected chi connectivity index (χ4v) is 3.70. The Labute approximate surface area is 130 Å². The van der Waals surface area contributed by atoms with Gasteiger partial charge in [0, 0.05) is 29.2 Å². The second kappa shape index (κ2) is 6.19. The van der Waals surface area contributed by atoms with Crippen LogP contribution < -0.4 is 5.32 Å². The molecule has 19 heavy (non-hydrogen) atoms. The third kappa shape index (κ3) is 3.03. The molecule has 3 atom stereocenters. The van der Waals surface area contributed by atoms with Crippen molar-refractivity contribution in [1.82, 2.24) is 10.2 Å². The number of rotatable bonds is 2. The molecular weight excluding hydrogens is 303 g/mol. The number of hydrogen-bond acceptors (Lipinski definition) is 2. The highest BCUT2D eigenvalue weighted by Gasteiger charge is 2.38. The van der Waals surface area contributed by atoms with Crippen molar-refractivity contribution in [2.75, 3.05) is 26.2 Å². The molecule has 2 aliphatic heterocycles. The van der Waals surface area contributed by atoms with E-state index in [1.54, 1.807) is 0 Å². The molecule has 0 amide bonds. The zero-order valence-corrected chi connectivity index (χ0v) is 13.2. The molecule has 0 saturated carbocycles. The van der Waals surface area contributed by atoms with E-state index in [0.29, 0.717) is 6.04 Å². The van der Waals surface area contributed by atoms with E-state index >= 15 is 0 Å². The lowest BCUT2D eigenvalue weighted by atomic mass is 10.0. The summed E-state index contributed by atoms with van der Waals surface area (Å²) in [6, 6.07) is 6.10. The van der Waals surface area contributed by atoms with Crippen LogP contribution in [0.3, 0.4) is 0 Å². The Morgan fingerprint density at radius 3 is 2.47 bits per heavy atom. The van der Waals surface area contributed by atoms with Crippen molar-refractivity contribution in [2.24, 2.45) is 11.8 Å². The first-order valence-electron chi connectivity index (χ1n) is 6.55. The van der Waals surface area contributed by atoms with Crippen molar-refractivity contribution in [3.05, 3.63) is 33.8 Å². The Balaban J connectivity index is 0.00000133. The monoisotopic (exact) mass is 320 g/mol. The van der Waals surface area contributed by atoms with Crippen molar-refractivity contribution in [2.45, 2.75) is 13.0 Å². The largest absolute Gasteiger partial charge is 0.316 e. The first-order chi connectivity index (χ1) is 8.65. The quantitative estimate of drug-likeness (QED) is 0.895. The van der Waals surface area contributed by atoms with Crippen LogP contribution in [-0.2, 0) is 0 Å². The molecule has 2 fully saturated rings. The second-order valence-electron chi connectivity index (χ2n) is 5.47. The number of nitrogens with one attached hydrogen (secondary N) is 1. The Bertz CT molecular complexity index is 440. The molecule has 2 saturated heterocycles. The van der Waals surface area contributed by atoms with E-state index in [0.717, 1.165) is 40.5 Å². The Morgan fingerprint density at radius 2 is 1.84 bits per heavy atom. The molecule has 0 aliphatic carbocycles. The van der Waals surface area contributed by atoms with E-state index < -0.39 is 0 Å². The Kier molecular flexibility index (Phi) is 5.02. The van der Waals surface area contributed by atoms with Gasteiger partial charge in [0.05, 0.1) is 0 Å². The van der Waals surface area contributed by atoms with Crippen LogP contribution >= 0.6 is 35.6 Å². The molecule has 1 aromatic rings.